The van der Waals surface area contributed by atoms with Crippen LogP contribution in [0.3, 0.4) is 0 Å². The van der Waals surface area contributed by atoms with Crippen molar-refractivity contribution in [3.8, 4) is 0 Å². The molecule has 1 saturated heterocycles. The molecule has 0 unspecified atom stereocenters. The monoisotopic (exact) mass is 353 g/mol. The molecule has 1 heterocycles. The fraction of sp³-hybridized carbons (Fsp3) is 0.409. The summed E-state index contributed by atoms with van der Waals surface area (Å²) in [6.07, 6.45) is 0.626. The fourth-order valence-corrected chi connectivity index (χ4v) is 3.70. The minimum Gasteiger partial charge on any atom is -0.458 e. The Kier molecular flexibility index (Phi) is 5.44. The summed E-state index contributed by atoms with van der Waals surface area (Å²) in [5.41, 5.74) is 1.25. The first-order valence-corrected chi connectivity index (χ1v) is 9.24. The molecule has 0 bridgehead atoms. The van der Waals surface area contributed by atoms with Gasteiger partial charge in [-0.15, -0.1) is 0 Å². The number of likely N-dealkylation sites (tertiary alicyclic amines) is 1. The van der Waals surface area contributed by atoms with E-state index in [0.29, 0.717) is 11.1 Å². The Labute approximate surface area is 155 Å². The Morgan fingerprint density at radius 2 is 1.96 bits per heavy atom. The molecule has 2 aromatic carbocycles. The highest BCUT2D eigenvalue weighted by molar-refractivity contribution is 5.86. The average Bonchev–Trinajstić information content (AvgIpc) is 3.09. The molecule has 2 aromatic rings. The zero-order valence-corrected chi connectivity index (χ0v) is 15.7. The molecular weight excluding hydrogens is 326 g/mol. The number of rotatable bonds is 5. The Balaban J connectivity index is 1.97. The van der Waals surface area contributed by atoms with Gasteiger partial charge in [-0.3, -0.25) is 4.90 Å². The number of aliphatic hydroxyl groups is 1. The van der Waals surface area contributed by atoms with Crippen LogP contribution in [-0.2, 0) is 15.1 Å². The van der Waals surface area contributed by atoms with Gasteiger partial charge in [-0.1, -0.05) is 61.0 Å². The lowest BCUT2D eigenvalue weighted by atomic mass is 9.83. The lowest BCUT2D eigenvalue weighted by Gasteiger charge is -2.30. The van der Waals surface area contributed by atoms with Crippen LogP contribution in [0.5, 0.6) is 0 Å². The van der Waals surface area contributed by atoms with E-state index in [-0.39, 0.29) is 6.10 Å². The molecule has 138 valence electrons. The number of hydrogen-bond acceptors (Lipinski definition) is 4. The van der Waals surface area contributed by atoms with Gasteiger partial charge in [0.1, 0.15) is 6.10 Å². The van der Waals surface area contributed by atoms with E-state index < -0.39 is 11.6 Å². The second kappa shape index (κ2) is 7.60. The maximum atomic E-state index is 13.2. The van der Waals surface area contributed by atoms with E-state index in [2.05, 4.69) is 11.8 Å². The molecule has 4 nitrogen and oxygen atoms in total. The van der Waals surface area contributed by atoms with Gasteiger partial charge in [-0.2, -0.15) is 0 Å². The lowest BCUT2D eigenvalue weighted by molar-refractivity contribution is -0.167. The SMILES string of the molecule is CCN1CC[C@@H](OC(=O)[C@](O)(c2ccccc2)c2ccc(C)cc2C)C1. The van der Waals surface area contributed by atoms with Crippen molar-refractivity contribution in [2.75, 3.05) is 19.6 Å². The second-order valence-electron chi connectivity index (χ2n) is 7.10. The van der Waals surface area contributed by atoms with Gasteiger partial charge in [0.2, 0.25) is 5.60 Å². The van der Waals surface area contributed by atoms with Gasteiger partial charge in [0, 0.05) is 18.7 Å². The zero-order valence-electron chi connectivity index (χ0n) is 15.7. The molecular formula is C22H27NO3. The van der Waals surface area contributed by atoms with Crippen molar-refractivity contribution in [3.05, 3.63) is 70.8 Å². The molecule has 2 atom stereocenters. The molecule has 1 aliphatic heterocycles. The van der Waals surface area contributed by atoms with Gasteiger partial charge < -0.3 is 9.84 Å². The van der Waals surface area contributed by atoms with Crippen LogP contribution >= 0.6 is 0 Å². The van der Waals surface area contributed by atoms with Gasteiger partial charge in [0.25, 0.3) is 0 Å². The molecule has 1 fully saturated rings. The summed E-state index contributed by atoms with van der Waals surface area (Å²) in [6.45, 7) is 8.59. The number of carbonyl (C=O) groups is 1. The van der Waals surface area contributed by atoms with Crippen LogP contribution in [0.2, 0.25) is 0 Å². The first-order chi connectivity index (χ1) is 12.4. The minimum absolute atomic E-state index is 0.177. The van der Waals surface area contributed by atoms with E-state index in [4.69, 9.17) is 4.74 Å². The first kappa shape index (κ1) is 18.6. The van der Waals surface area contributed by atoms with Crippen LogP contribution in [0.25, 0.3) is 0 Å². The molecule has 26 heavy (non-hydrogen) atoms. The van der Waals surface area contributed by atoms with Crippen molar-refractivity contribution in [3.63, 3.8) is 0 Å². The van der Waals surface area contributed by atoms with Crippen LogP contribution in [-0.4, -0.2) is 41.7 Å². The standard InChI is InChI=1S/C22H27NO3/c1-4-23-13-12-19(15-23)26-21(24)22(25,18-8-6-5-7-9-18)20-11-10-16(2)14-17(20)3/h5-11,14,19,25H,4,12-13,15H2,1-3H3/t19-,22+/m1/s1. The van der Waals surface area contributed by atoms with Crippen LogP contribution < -0.4 is 0 Å². The number of benzene rings is 2. The highest BCUT2D eigenvalue weighted by Gasteiger charge is 2.44. The average molecular weight is 353 g/mol. The van der Waals surface area contributed by atoms with Gasteiger partial charge in [0.05, 0.1) is 0 Å². The number of hydrogen-bond donors (Lipinski definition) is 1. The van der Waals surface area contributed by atoms with Crippen molar-refractivity contribution >= 4 is 5.97 Å². The van der Waals surface area contributed by atoms with E-state index >= 15 is 0 Å². The van der Waals surface area contributed by atoms with Crippen LogP contribution in [0.15, 0.2) is 48.5 Å². The van der Waals surface area contributed by atoms with Crippen molar-refractivity contribution in [2.45, 2.75) is 38.9 Å². The Morgan fingerprint density at radius 3 is 2.58 bits per heavy atom. The smallest absolute Gasteiger partial charge is 0.348 e. The number of nitrogens with zero attached hydrogens (tertiary/aromatic N) is 1. The van der Waals surface area contributed by atoms with E-state index in [9.17, 15) is 9.90 Å². The Morgan fingerprint density at radius 1 is 1.23 bits per heavy atom. The predicted octanol–water partition coefficient (Wildman–Crippen LogP) is 3.18. The number of ether oxygens (including phenoxy) is 1. The Bertz CT molecular complexity index is 774. The lowest BCUT2D eigenvalue weighted by Crippen LogP contribution is -2.41. The van der Waals surface area contributed by atoms with Crippen LogP contribution in [0, 0.1) is 13.8 Å². The molecule has 0 saturated carbocycles. The summed E-state index contributed by atoms with van der Waals surface area (Å²) in [4.78, 5) is 15.4. The molecule has 1 N–H and O–H groups in total. The second-order valence-corrected chi connectivity index (χ2v) is 7.10. The summed E-state index contributed by atoms with van der Waals surface area (Å²) in [5.74, 6) is -0.599. The molecule has 4 heteroatoms. The van der Waals surface area contributed by atoms with E-state index in [1.165, 1.54) is 0 Å². The molecule has 0 radical (unpaired) electrons. The van der Waals surface area contributed by atoms with E-state index in [1.807, 2.05) is 50.2 Å². The molecule has 1 aliphatic rings. The van der Waals surface area contributed by atoms with E-state index in [0.717, 1.165) is 37.2 Å². The molecule has 0 aliphatic carbocycles. The van der Waals surface area contributed by atoms with Crippen LogP contribution in [0.4, 0.5) is 0 Å². The summed E-state index contributed by atoms with van der Waals surface area (Å²) in [5, 5.41) is 11.6. The van der Waals surface area contributed by atoms with Crippen LogP contribution in [0.1, 0.15) is 35.6 Å². The van der Waals surface area contributed by atoms with Gasteiger partial charge in [-0.05, 0) is 37.9 Å². The minimum atomic E-state index is -1.81. The number of esters is 1. The topological polar surface area (TPSA) is 49.8 Å². The largest absolute Gasteiger partial charge is 0.458 e. The highest BCUT2D eigenvalue weighted by atomic mass is 16.6. The van der Waals surface area contributed by atoms with Crippen molar-refractivity contribution < 1.29 is 14.6 Å². The third-order valence-corrected chi connectivity index (χ3v) is 5.21. The molecule has 3 rings (SSSR count). The Hall–Kier alpha value is -2.17. The summed E-state index contributed by atoms with van der Waals surface area (Å²) in [7, 11) is 0. The van der Waals surface area contributed by atoms with Gasteiger partial charge >= 0.3 is 5.97 Å². The molecule has 0 spiro atoms. The molecule has 0 amide bonds. The quantitative estimate of drug-likeness (QED) is 0.839. The molecule has 0 aromatic heterocycles. The van der Waals surface area contributed by atoms with Crippen molar-refractivity contribution in [2.24, 2.45) is 0 Å². The van der Waals surface area contributed by atoms with E-state index in [1.54, 1.807) is 12.1 Å². The third-order valence-electron chi connectivity index (χ3n) is 5.21. The summed E-state index contributed by atoms with van der Waals surface area (Å²) < 4.78 is 5.77. The summed E-state index contributed by atoms with van der Waals surface area (Å²) >= 11 is 0. The highest BCUT2D eigenvalue weighted by Crippen LogP contribution is 2.34. The first-order valence-electron chi connectivity index (χ1n) is 9.24. The maximum Gasteiger partial charge on any atom is 0.348 e. The predicted molar refractivity (Wildman–Crippen MR) is 102 cm³/mol. The zero-order chi connectivity index (χ0) is 18.7. The number of aryl methyl sites for hydroxylation is 2. The summed E-state index contributed by atoms with van der Waals surface area (Å²) in [6, 6.07) is 14.8. The van der Waals surface area contributed by atoms with Crippen molar-refractivity contribution in [1.29, 1.82) is 0 Å². The van der Waals surface area contributed by atoms with Gasteiger partial charge in [-0.25, -0.2) is 4.79 Å². The van der Waals surface area contributed by atoms with Crippen molar-refractivity contribution in [1.82, 2.24) is 4.90 Å². The third kappa shape index (κ3) is 3.53. The maximum absolute atomic E-state index is 13.2. The number of likely N-dealkylation sites (N-methyl/N-ethyl adjacent to an activating group) is 1. The number of carbonyl (C=O) groups excluding carboxylic acids is 1. The fourth-order valence-electron chi connectivity index (χ4n) is 3.70. The normalized spacial score (nSPS) is 19.9. The van der Waals surface area contributed by atoms with Gasteiger partial charge in [0.15, 0.2) is 0 Å².